The Balaban J connectivity index is 2.03. The summed E-state index contributed by atoms with van der Waals surface area (Å²) < 4.78 is 68.7. The Kier molecular flexibility index (Phi) is 6.33. The standard InChI is InChI=1S/C16H20ClF3N2O4S/c1-15(10-21-14(23)16(18,19)20)5-7-22(8-6-15)27(24,25)11-3-4-13(26-2)12(17)9-11/h3-4,9H,5-8,10H2,1-2H3,(H,21,23). The van der Waals surface area contributed by atoms with Crippen molar-refractivity contribution in [2.45, 2.75) is 30.8 Å². The van der Waals surface area contributed by atoms with Gasteiger partial charge in [0.15, 0.2) is 0 Å². The number of nitrogens with one attached hydrogen (secondary N) is 1. The third-order valence-electron chi connectivity index (χ3n) is 4.62. The lowest BCUT2D eigenvalue weighted by Crippen LogP contribution is -2.48. The molecule has 0 aromatic heterocycles. The molecule has 0 unspecified atom stereocenters. The fraction of sp³-hybridized carbons (Fsp3) is 0.562. The fourth-order valence-electron chi connectivity index (χ4n) is 2.79. The highest BCUT2D eigenvalue weighted by molar-refractivity contribution is 7.89. The Morgan fingerprint density at radius 3 is 2.41 bits per heavy atom. The summed E-state index contributed by atoms with van der Waals surface area (Å²) in [6, 6.07) is 4.14. The molecule has 1 N–H and O–H groups in total. The third kappa shape index (κ3) is 5.05. The predicted octanol–water partition coefficient (Wildman–Crippen LogP) is 2.82. The number of hydrogen-bond donors (Lipinski definition) is 1. The molecule has 1 amide bonds. The number of halogens is 4. The van der Waals surface area contributed by atoms with Gasteiger partial charge in [-0.05, 0) is 36.5 Å². The van der Waals surface area contributed by atoms with Crippen molar-refractivity contribution in [1.82, 2.24) is 9.62 Å². The topological polar surface area (TPSA) is 75.7 Å². The van der Waals surface area contributed by atoms with Gasteiger partial charge in [-0.3, -0.25) is 4.79 Å². The molecule has 27 heavy (non-hydrogen) atoms. The van der Waals surface area contributed by atoms with Gasteiger partial charge >= 0.3 is 12.1 Å². The van der Waals surface area contributed by atoms with E-state index in [1.807, 2.05) is 5.32 Å². The zero-order valence-corrected chi connectivity index (χ0v) is 16.3. The molecule has 0 spiro atoms. The van der Waals surface area contributed by atoms with Gasteiger partial charge in [0.05, 0.1) is 17.0 Å². The fourth-order valence-corrected chi connectivity index (χ4v) is 4.58. The van der Waals surface area contributed by atoms with Gasteiger partial charge in [0.2, 0.25) is 10.0 Å². The Hall–Kier alpha value is -1.52. The van der Waals surface area contributed by atoms with Crippen molar-refractivity contribution in [1.29, 1.82) is 0 Å². The summed E-state index contributed by atoms with van der Waals surface area (Å²) in [6.07, 6.45) is -4.31. The van der Waals surface area contributed by atoms with Crippen LogP contribution >= 0.6 is 11.6 Å². The highest BCUT2D eigenvalue weighted by atomic mass is 35.5. The van der Waals surface area contributed by atoms with Crippen LogP contribution in [0.1, 0.15) is 19.8 Å². The first-order valence-electron chi connectivity index (χ1n) is 8.08. The Bertz CT molecular complexity index is 806. The monoisotopic (exact) mass is 428 g/mol. The number of alkyl halides is 3. The number of methoxy groups -OCH3 is 1. The zero-order valence-electron chi connectivity index (χ0n) is 14.8. The van der Waals surface area contributed by atoms with E-state index in [1.54, 1.807) is 6.92 Å². The average molecular weight is 429 g/mol. The summed E-state index contributed by atoms with van der Waals surface area (Å²) in [4.78, 5) is 11.0. The van der Waals surface area contributed by atoms with Crippen LogP contribution in [-0.2, 0) is 14.8 Å². The number of nitrogens with zero attached hydrogens (tertiary/aromatic N) is 1. The lowest BCUT2D eigenvalue weighted by Gasteiger charge is -2.38. The number of hydrogen-bond acceptors (Lipinski definition) is 4. The summed E-state index contributed by atoms with van der Waals surface area (Å²) in [5, 5.41) is 2.04. The minimum atomic E-state index is -4.94. The van der Waals surface area contributed by atoms with Crippen molar-refractivity contribution >= 4 is 27.5 Å². The second kappa shape index (κ2) is 7.84. The third-order valence-corrected chi connectivity index (χ3v) is 6.81. The smallest absolute Gasteiger partial charge is 0.471 e. The maximum atomic E-state index is 12.8. The van der Waals surface area contributed by atoms with Gasteiger partial charge in [-0.25, -0.2) is 8.42 Å². The molecule has 1 aliphatic rings. The van der Waals surface area contributed by atoms with E-state index in [0.29, 0.717) is 18.6 Å². The number of benzene rings is 1. The molecule has 1 aliphatic heterocycles. The first kappa shape index (κ1) is 21.8. The summed E-state index contributed by atoms with van der Waals surface area (Å²) in [5.41, 5.74) is -0.621. The first-order valence-corrected chi connectivity index (χ1v) is 9.90. The van der Waals surface area contributed by atoms with Crippen LogP contribution < -0.4 is 10.1 Å². The summed E-state index contributed by atoms with van der Waals surface area (Å²) >= 11 is 5.99. The van der Waals surface area contributed by atoms with Crippen LogP contribution in [0.25, 0.3) is 0 Å². The van der Waals surface area contributed by atoms with Gasteiger partial charge in [-0.1, -0.05) is 18.5 Å². The van der Waals surface area contributed by atoms with Crippen LogP contribution in [0, 0.1) is 5.41 Å². The van der Waals surface area contributed by atoms with Gasteiger partial charge in [-0.2, -0.15) is 17.5 Å². The van der Waals surface area contributed by atoms with Crippen LogP contribution in [-0.4, -0.2) is 51.6 Å². The van der Waals surface area contributed by atoms with Crippen molar-refractivity contribution in [2.75, 3.05) is 26.7 Å². The number of carbonyl (C=O) groups is 1. The van der Waals surface area contributed by atoms with Crippen molar-refractivity contribution in [3.8, 4) is 5.75 Å². The number of ether oxygens (including phenoxy) is 1. The zero-order chi connectivity index (χ0) is 20.5. The molecule has 2 rings (SSSR count). The van der Waals surface area contributed by atoms with Gasteiger partial charge in [0.25, 0.3) is 0 Å². The Labute approximate surface area is 160 Å². The van der Waals surface area contributed by atoms with Gasteiger partial charge in [0.1, 0.15) is 5.75 Å². The second-order valence-electron chi connectivity index (χ2n) is 6.69. The lowest BCUT2D eigenvalue weighted by molar-refractivity contribution is -0.174. The molecule has 152 valence electrons. The molecular formula is C16H20ClF3N2O4S. The minimum absolute atomic E-state index is 0.0160. The molecule has 11 heteroatoms. The quantitative estimate of drug-likeness (QED) is 0.782. The van der Waals surface area contributed by atoms with Crippen molar-refractivity contribution < 1.29 is 31.1 Å². The number of amides is 1. The number of rotatable bonds is 5. The molecule has 0 saturated carbocycles. The molecule has 1 fully saturated rings. The van der Waals surface area contributed by atoms with Gasteiger partial charge in [-0.15, -0.1) is 0 Å². The van der Waals surface area contributed by atoms with Crippen LogP contribution in [0.2, 0.25) is 5.02 Å². The molecule has 0 aliphatic carbocycles. The lowest BCUT2D eigenvalue weighted by atomic mass is 9.81. The molecule has 1 aromatic carbocycles. The molecule has 0 radical (unpaired) electrons. The molecule has 1 saturated heterocycles. The van der Waals surface area contributed by atoms with E-state index < -0.39 is 27.5 Å². The van der Waals surface area contributed by atoms with Gasteiger partial charge in [0, 0.05) is 19.6 Å². The Morgan fingerprint density at radius 2 is 1.93 bits per heavy atom. The molecule has 1 aromatic rings. The Morgan fingerprint density at radius 1 is 1.33 bits per heavy atom. The van der Waals surface area contributed by atoms with Crippen molar-refractivity contribution in [3.63, 3.8) is 0 Å². The SMILES string of the molecule is COc1ccc(S(=O)(=O)N2CCC(C)(CNC(=O)C(F)(F)F)CC2)cc1Cl. The number of piperidine rings is 1. The second-order valence-corrected chi connectivity index (χ2v) is 9.04. The number of carbonyl (C=O) groups excluding carboxylic acids is 1. The molecular weight excluding hydrogens is 409 g/mol. The van der Waals surface area contributed by atoms with Gasteiger partial charge < -0.3 is 10.1 Å². The van der Waals surface area contributed by atoms with E-state index >= 15 is 0 Å². The van der Waals surface area contributed by atoms with Crippen LogP contribution in [0.15, 0.2) is 23.1 Å². The van der Waals surface area contributed by atoms with Crippen LogP contribution in [0.5, 0.6) is 5.75 Å². The highest BCUT2D eigenvalue weighted by Gasteiger charge is 2.41. The summed E-state index contributed by atoms with van der Waals surface area (Å²) in [5.74, 6) is -1.64. The van der Waals surface area contributed by atoms with Crippen molar-refractivity contribution in [3.05, 3.63) is 23.2 Å². The molecule has 6 nitrogen and oxygen atoms in total. The van der Waals surface area contributed by atoms with E-state index in [4.69, 9.17) is 16.3 Å². The number of sulfonamides is 1. The maximum absolute atomic E-state index is 12.8. The van der Waals surface area contributed by atoms with E-state index in [9.17, 15) is 26.4 Å². The minimum Gasteiger partial charge on any atom is -0.495 e. The molecule has 0 bridgehead atoms. The van der Waals surface area contributed by atoms with E-state index in [2.05, 4.69) is 0 Å². The molecule has 0 atom stereocenters. The molecule has 1 heterocycles. The first-order chi connectivity index (χ1) is 12.4. The van der Waals surface area contributed by atoms with Crippen LogP contribution in [0.3, 0.4) is 0 Å². The van der Waals surface area contributed by atoms with E-state index in [-0.39, 0.29) is 29.6 Å². The average Bonchev–Trinajstić information content (AvgIpc) is 2.59. The van der Waals surface area contributed by atoms with E-state index in [0.717, 1.165) is 0 Å². The maximum Gasteiger partial charge on any atom is 0.471 e. The van der Waals surface area contributed by atoms with E-state index in [1.165, 1.54) is 29.6 Å². The van der Waals surface area contributed by atoms with Crippen molar-refractivity contribution in [2.24, 2.45) is 5.41 Å². The highest BCUT2D eigenvalue weighted by Crippen LogP contribution is 2.34. The largest absolute Gasteiger partial charge is 0.495 e. The normalized spacial score (nSPS) is 18.1. The summed E-state index contributed by atoms with van der Waals surface area (Å²) in [6.45, 7) is 1.81. The summed E-state index contributed by atoms with van der Waals surface area (Å²) in [7, 11) is -2.37. The predicted molar refractivity (Wildman–Crippen MR) is 93.2 cm³/mol. The van der Waals surface area contributed by atoms with Crippen LogP contribution in [0.4, 0.5) is 13.2 Å².